The summed E-state index contributed by atoms with van der Waals surface area (Å²) in [5.74, 6) is 3.18. The molecule has 3 nitrogen and oxygen atoms in total. The van der Waals surface area contributed by atoms with Crippen LogP contribution in [0.1, 0.15) is 51.9 Å². The quantitative estimate of drug-likeness (QED) is 0.589. The first-order valence-corrected chi connectivity index (χ1v) is 6.65. The van der Waals surface area contributed by atoms with E-state index < -0.39 is 0 Å². The number of nitrogens with one attached hydrogen (secondary N) is 1. The van der Waals surface area contributed by atoms with Crippen molar-refractivity contribution in [1.29, 1.82) is 0 Å². The van der Waals surface area contributed by atoms with Crippen LogP contribution in [0.25, 0.3) is 0 Å². The molecular weight excluding hydrogens is 214 g/mol. The summed E-state index contributed by atoms with van der Waals surface area (Å²) in [5.41, 5.74) is 0. The highest BCUT2D eigenvalue weighted by Gasteiger charge is 2.21. The van der Waals surface area contributed by atoms with Crippen LogP contribution in [0.15, 0.2) is 0 Å². The highest BCUT2D eigenvalue weighted by molar-refractivity contribution is 5.67. The third-order valence-electron chi connectivity index (χ3n) is 3.27. The molecule has 1 N–H and O–H groups in total. The van der Waals surface area contributed by atoms with Crippen LogP contribution in [0.4, 0.5) is 4.79 Å². The SMILES string of the molecule is C#CC1CCC(NC(=O)OCCCCC)CC1. The van der Waals surface area contributed by atoms with Crippen LogP contribution in [0, 0.1) is 18.3 Å². The summed E-state index contributed by atoms with van der Waals surface area (Å²) >= 11 is 0. The maximum Gasteiger partial charge on any atom is 0.407 e. The van der Waals surface area contributed by atoms with E-state index in [2.05, 4.69) is 18.2 Å². The lowest BCUT2D eigenvalue weighted by atomic mass is 9.87. The van der Waals surface area contributed by atoms with Gasteiger partial charge in [-0.25, -0.2) is 4.79 Å². The Kier molecular flexibility index (Phi) is 6.54. The molecule has 1 aliphatic rings. The van der Waals surface area contributed by atoms with Gasteiger partial charge in [0.05, 0.1) is 6.61 Å². The van der Waals surface area contributed by atoms with Gasteiger partial charge >= 0.3 is 6.09 Å². The lowest BCUT2D eigenvalue weighted by molar-refractivity contribution is 0.136. The molecular formula is C14H23NO2. The molecule has 0 heterocycles. The van der Waals surface area contributed by atoms with Gasteiger partial charge in [0.1, 0.15) is 0 Å². The smallest absolute Gasteiger partial charge is 0.407 e. The van der Waals surface area contributed by atoms with Crippen molar-refractivity contribution in [1.82, 2.24) is 5.32 Å². The van der Waals surface area contributed by atoms with Crippen LogP contribution in [0.3, 0.4) is 0 Å². The Morgan fingerprint density at radius 1 is 1.35 bits per heavy atom. The van der Waals surface area contributed by atoms with Crippen molar-refractivity contribution in [3.05, 3.63) is 0 Å². The zero-order chi connectivity index (χ0) is 12.5. The second-order valence-electron chi connectivity index (χ2n) is 4.70. The molecule has 0 bridgehead atoms. The highest BCUT2D eigenvalue weighted by Crippen LogP contribution is 2.23. The molecule has 0 unspecified atom stereocenters. The Morgan fingerprint density at radius 2 is 2.06 bits per heavy atom. The molecule has 0 aliphatic heterocycles. The Balaban J connectivity index is 2.09. The van der Waals surface area contributed by atoms with E-state index in [1.165, 1.54) is 0 Å². The zero-order valence-electron chi connectivity index (χ0n) is 10.7. The number of unbranched alkanes of at least 4 members (excludes halogenated alkanes) is 2. The number of carbonyl (C=O) groups excluding carboxylic acids is 1. The van der Waals surface area contributed by atoms with Crippen LogP contribution in [0.2, 0.25) is 0 Å². The molecule has 0 aromatic carbocycles. The summed E-state index contributed by atoms with van der Waals surface area (Å²) in [6.07, 6.45) is 12.3. The lowest BCUT2D eigenvalue weighted by Crippen LogP contribution is -2.37. The van der Waals surface area contributed by atoms with Gasteiger partial charge in [0.2, 0.25) is 0 Å². The molecule has 96 valence electrons. The summed E-state index contributed by atoms with van der Waals surface area (Å²) in [7, 11) is 0. The van der Waals surface area contributed by atoms with Gasteiger partial charge in [0, 0.05) is 12.0 Å². The largest absolute Gasteiger partial charge is 0.450 e. The number of hydrogen-bond acceptors (Lipinski definition) is 2. The number of amides is 1. The highest BCUT2D eigenvalue weighted by atomic mass is 16.5. The topological polar surface area (TPSA) is 38.3 Å². The third-order valence-corrected chi connectivity index (χ3v) is 3.27. The van der Waals surface area contributed by atoms with Gasteiger partial charge in [-0.05, 0) is 32.1 Å². The maximum atomic E-state index is 11.5. The third kappa shape index (κ3) is 5.63. The summed E-state index contributed by atoms with van der Waals surface area (Å²) in [4.78, 5) is 11.5. The van der Waals surface area contributed by atoms with E-state index in [9.17, 15) is 4.79 Å². The van der Waals surface area contributed by atoms with Crippen molar-refractivity contribution in [3.8, 4) is 12.3 Å². The lowest BCUT2D eigenvalue weighted by Gasteiger charge is -2.25. The number of terminal acetylenes is 1. The zero-order valence-corrected chi connectivity index (χ0v) is 10.7. The van der Waals surface area contributed by atoms with E-state index in [0.29, 0.717) is 12.5 Å². The van der Waals surface area contributed by atoms with Crippen molar-refractivity contribution >= 4 is 6.09 Å². The van der Waals surface area contributed by atoms with Crippen molar-refractivity contribution in [3.63, 3.8) is 0 Å². The predicted molar refractivity (Wildman–Crippen MR) is 68.6 cm³/mol. The van der Waals surface area contributed by atoms with Crippen LogP contribution in [-0.2, 0) is 4.74 Å². The van der Waals surface area contributed by atoms with Gasteiger partial charge in [0.25, 0.3) is 0 Å². The van der Waals surface area contributed by atoms with Gasteiger partial charge in [0.15, 0.2) is 0 Å². The van der Waals surface area contributed by atoms with Gasteiger partial charge in [-0.3, -0.25) is 0 Å². The number of hydrogen-bond donors (Lipinski definition) is 1. The van der Waals surface area contributed by atoms with E-state index in [-0.39, 0.29) is 12.1 Å². The fraction of sp³-hybridized carbons (Fsp3) is 0.786. The summed E-state index contributed by atoms with van der Waals surface area (Å²) < 4.78 is 5.11. The molecule has 0 aromatic heterocycles. The molecule has 17 heavy (non-hydrogen) atoms. The van der Waals surface area contributed by atoms with Crippen LogP contribution in [0.5, 0.6) is 0 Å². The monoisotopic (exact) mass is 237 g/mol. The Bertz CT molecular complexity index is 262. The van der Waals surface area contributed by atoms with Crippen molar-refractivity contribution in [2.45, 2.75) is 57.9 Å². The van der Waals surface area contributed by atoms with Crippen molar-refractivity contribution in [2.75, 3.05) is 6.61 Å². The minimum absolute atomic E-state index is 0.248. The van der Waals surface area contributed by atoms with Gasteiger partial charge in [-0.2, -0.15) is 0 Å². The fourth-order valence-corrected chi connectivity index (χ4v) is 2.13. The first-order chi connectivity index (χ1) is 8.26. The fourth-order valence-electron chi connectivity index (χ4n) is 2.13. The van der Waals surface area contributed by atoms with Crippen LogP contribution >= 0.6 is 0 Å². The molecule has 0 saturated heterocycles. The minimum atomic E-state index is -0.273. The second kappa shape index (κ2) is 8.00. The predicted octanol–water partition coefficient (Wildman–Crippen LogP) is 3.09. The maximum absolute atomic E-state index is 11.5. The number of alkyl carbamates (subject to hydrolysis) is 1. The van der Waals surface area contributed by atoms with E-state index >= 15 is 0 Å². The number of carbonyl (C=O) groups is 1. The van der Waals surface area contributed by atoms with Crippen molar-refractivity contribution < 1.29 is 9.53 Å². The molecule has 3 heteroatoms. The standard InChI is InChI=1S/C14H23NO2/c1-3-5-6-11-17-14(16)15-13-9-7-12(4-2)8-10-13/h2,12-13H,3,5-11H2,1H3,(H,15,16). The normalized spacial score (nSPS) is 23.8. The van der Waals surface area contributed by atoms with Gasteiger partial charge in [-0.15, -0.1) is 12.3 Å². The molecule has 1 rings (SSSR count). The van der Waals surface area contributed by atoms with E-state index in [4.69, 9.17) is 11.2 Å². The Morgan fingerprint density at radius 3 is 2.65 bits per heavy atom. The number of ether oxygens (including phenoxy) is 1. The first kappa shape index (κ1) is 13.9. The molecule has 1 saturated carbocycles. The molecule has 1 aliphatic carbocycles. The molecule has 1 amide bonds. The summed E-state index contributed by atoms with van der Waals surface area (Å²) in [6.45, 7) is 2.66. The molecule has 1 fully saturated rings. The number of rotatable bonds is 5. The average Bonchev–Trinajstić information content (AvgIpc) is 2.36. The minimum Gasteiger partial charge on any atom is -0.450 e. The Labute approximate surface area is 104 Å². The molecule has 0 spiro atoms. The first-order valence-electron chi connectivity index (χ1n) is 6.65. The van der Waals surface area contributed by atoms with Crippen LogP contribution in [-0.4, -0.2) is 18.7 Å². The summed E-state index contributed by atoms with van der Waals surface area (Å²) in [5, 5.41) is 2.91. The Hall–Kier alpha value is -1.17. The van der Waals surface area contributed by atoms with E-state index in [1.54, 1.807) is 0 Å². The molecule has 0 aromatic rings. The van der Waals surface area contributed by atoms with Crippen molar-refractivity contribution in [2.24, 2.45) is 5.92 Å². The average molecular weight is 237 g/mol. The second-order valence-corrected chi connectivity index (χ2v) is 4.70. The van der Waals surface area contributed by atoms with Gasteiger partial charge < -0.3 is 10.1 Å². The summed E-state index contributed by atoms with van der Waals surface area (Å²) in [6, 6.07) is 0.248. The van der Waals surface area contributed by atoms with E-state index in [0.717, 1.165) is 44.9 Å². The van der Waals surface area contributed by atoms with Gasteiger partial charge in [-0.1, -0.05) is 19.8 Å². The van der Waals surface area contributed by atoms with Crippen LogP contribution < -0.4 is 5.32 Å². The molecule has 0 radical (unpaired) electrons. The van der Waals surface area contributed by atoms with E-state index in [1.807, 2.05) is 0 Å². The molecule has 0 atom stereocenters.